The molecule has 0 bridgehead atoms. The number of rotatable bonds is 4. The Morgan fingerprint density at radius 1 is 1.24 bits per heavy atom. The summed E-state index contributed by atoms with van der Waals surface area (Å²) in [6.45, 7) is 3.67. The molecule has 7 nitrogen and oxygen atoms in total. The van der Waals surface area contributed by atoms with Crippen LogP contribution >= 0.6 is 0 Å². The van der Waals surface area contributed by atoms with E-state index in [9.17, 15) is 8.78 Å². The first-order valence-electron chi connectivity index (χ1n) is 8.41. The molecule has 0 amide bonds. The summed E-state index contributed by atoms with van der Waals surface area (Å²) in [6.07, 6.45) is -1.51. The van der Waals surface area contributed by atoms with Crippen LogP contribution in [0.4, 0.5) is 14.6 Å². The van der Waals surface area contributed by atoms with Crippen LogP contribution in [0.5, 0.6) is 0 Å². The maximum absolute atomic E-state index is 12.8. The van der Waals surface area contributed by atoms with Crippen molar-refractivity contribution >= 4 is 22.5 Å². The van der Waals surface area contributed by atoms with E-state index >= 15 is 0 Å². The molecule has 9 heteroatoms. The minimum absolute atomic E-state index is 0.0620. The van der Waals surface area contributed by atoms with Gasteiger partial charge in [-0.15, -0.1) is 5.10 Å². The average Bonchev–Trinajstić information content (AvgIpc) is 3.11. The zero-order valence-electron chi connectivity index (χ0n) is 13.9. The standard InChI is InChI=1S/C16H19F2N7/c1-2-11-9-24(8-7-23(11)10-14(17)18)15-16-20-21-22-25(16)13-6-4-3-5-12(13)19-15/h3-6,11,14H,2,7-10H2,1H3. The summed E-state index contributed by atoms with van der Waals surface area (Å²) in [5.74, 6) is 0.707. The highest BCUT2D eigenvalue weighted by Crippen LogP contribution is 2.25. The molecule has 1 saturated heterocycles. The lowest BCUT2D eigenvalue weighted by Gasteiger charge is -2.41. The molecule has 4 rings (SSSR count). The van der Waals surface area contributed by atoms with E-state index < -0.39 is 6.43 Å². The van der Waals surface area contributed by atoms with Crippen molar-refractivity contribution < 1.29 is 8.78 Å². The third-order valence-electron chi connectivity index (χ3n) is 4.75. The molecule has 0 radical (unpaired) electrons. The van der Waals surface area contributed by atoms with Crippen molar-refractivity contribution in [2.24, 2.45) is 0 Å². The van der Waals surface area contributed by atoms with Crippen LogP contribution in [0.2, 0.25) is 0 Å². The Balaban J connectivity index is 1.71. The van der Waals surface area contributed by atoms with E-state index in [1.807, 2.05) is 36.1 Å². The highest BCUT2D eigenvalue weighted by molar-refractivity contribution is 5.82. The molecule has 3 aromatic rings. The van der Waals surface area contributed by atoms with Crippen LogP contribution in [0.15, 0.2) is 24.3 Å². The smallest absolute Gasteiger partial charge is 0.251 e. The summed E-state index contributed by atoms with van der Waals surface area (Å²) in [5, 5.41) is 12.0. The van der Waals surface area contributed by atoms with Gasteiger partial charge in [0.2, 0.25) is 5.65 Å². The van der Waals surface area contributed by atoms with Crippen LogP contribution in [0, 0.1) is 0 Å². The third-order valence-corrected chi connectivity index (χ3v) is 4.75. The van der Waals surface area contributed by atoms with E-state index in [1.54, 1.807) is 4.52 Å². The van der Waals surface area contributed by atoms with Gasteiger partial charge in [0, 0.05) is 25.7 Å². The first kappa shape index (κ1) is 16.1. The predicted molar refractivity (Wildman–Crippen MR) is 90.0 cm³/mol. The Bertz CT molecular complexity index is 881. The fraction of sp³-hybridized carbons (Fsp3) is 0.500. The summed E-state index contributed by atoms with van der Waals surface area (Å²) in [4.78, 5) is 8.72. The Morgan fingerprint density at radius 2 is 2.08 bits per heavy atom. The number of tetrazole rings is 1. The lowest BCUT2D eigenvalue weighted by molar-refractivity contribution is 0.0587. The Kier molecular flexibility index (Phi) is 4.16. The molecule has 0 N–H and O–H groups in total. The van der Waals surface area contributed by atoms with E-state index in [0.717, 1.165) is 17.5 Å². The number of nitrogens with zero attached hydrogens (tertiary/aromatic N) is 7. The van der Waals surface area contributed by atoms with Crippen molar-refractivity contribution in [2.45, 2.75) is 25.8 Å². The van der Waals surface area contributed by atoms with Gasteiger partial charge >= 0.3 is 0 Å². The van der Waals surface area contributed by atoms with Crippen LogP contribution in [0.1, 0.15) is 13.3 Å². The van der Waals surface area contributed by atoms with Crippen molar-refractivity contribution in [3.8, 4) is 0 Å². The van der Waals surface area contributed by atoms with Crippen molar-refractivity contribution in [3.63, 3.8) is 0 Å². The van der Waals surface area contributed by atoms with Gasteiger partial charge in [-0.2, -0.15) is 4.52 Å². The minimum Gasteiger partial charge on any atom is -0.351 e. The molecule has 25 heavy (non-hydrogen) atoms. The van der Waals surface area contributed by atoms with E-state index in [0.29, 0.717) is 31.1 Å². The molecule has 0 aliphatic carbocycles. The molecule has 1 aromatic carbocycles. The quantitative estimate of drug-likeness (QED) is 0.718. The summed E-state index contributed by atoms with van der Waals surface area (Å²) < 4.78 is 27.3. The highest BCUT2D eigenvalue weighted by Gasteiger charge is 2.30. The van der Waals surface area contributed by atoms with E-state index in [2.05, 4.69) is 20.4 Å². The number of para-hydroxylation sites is 2. The number of hydrogen-bond donors (Lipinski definition) is 0. The van der Waals surface area contributed by atoms with Crippen LogP contribution in [0.3, 0.4) is 0 Å². The van der Waals surface area contributed by atoms with Crippen molar-refractivity contribution in [1.29, 1.82) is 0 Å². The van der Waals surface area contributed by atoms with Gasteiger partial charge in [-0.1, -0.05) is 19.1 Å². The van der Waals surface area contributed by atoms with Gasteiger partial charge in [0.1, 0.15) is 0 Å². The lowest BCUT2D eigenvalue weighted by Crippen LogP contribution is -2.54. The van der Waals surface area contributed by atoms with Gasteiger partial charge in [-0.3, -0.25) is 4.90 Å². The molecule has 1 unspecified atom stereocenters. The zero-order valence-corrected chi connectivity index (χ0v) is 13.9. The molecule has 1 atom stereocenters. The molecule has 0 spiro atoms. The monoisotopic (exact) mass is 347 g/mol. The van der Waals surface area contributed by atoms with Gasteiger partial charge in [-0.05, 0) is 29.0 Å². The first-order valence-corrected chi connectivity index (χ1v) is 8.41. The third kappa shape index (κ3) is 2.88. The summed E-state index contributed by atoms with van der Waals surface area (Å²) in [6, 6.07) is 7.74. The topological polar surface area (TPSA) is 62.5 Å². The number of halogens is 2. The summed E-state index contributed by atoms with van der Waals surface area (Å²) in [7, 11) is 0. The molecular formula is C16H19F2N7. The van der Waals surface area contributed by atoms with Crippen molar-refractivity contribution in [1.82, 2.24) is 29.9 Å². The first-order chi connectivity index (χ1) is 12.2. The second-order valence-electron chi connectivity index (χ2n) is 6.23. The summed E-state index contributed by atoms with van der Waals surface area (Å²) in [5.41, 5.74) is 2.24. The molecule has 0 saturated carbocycles. The van der Waals surface area contributed by atoms with Gasteiger partial charge < -0.3 is 4.90 Å². The normalized spacial score (nSPS) is 19.4. The number of benzene rings is 1. The zero-order chi connectivity index (χ0) is 17.4. The Morgan fingerprint density at radius 3 is 2.88 bits per heavy atom. The molecular weight excluding hydrogens is 328 g/mol. The maximum Gasteiger partial charge on any atom is 0.251 e. The van der Waals surface area contributed by atoms with Crippen LogP contribution in [0.25, 0.3) is 16.7 Å². The van der Waals surface area contributed by atoms with Gasteiger partial charge in [0.05, 0.1) is 17.6 Å². The highest BCUT2D eigenvalue weighted by atomic mass is 19.3. The van der Waals surface area contributed by atoms with Gasteiger partial charge in [0.15, 0.2) is 5.82 Å². The SMILES string of the molecule is CCC1CN(c2nc3ccccc3n3nnnc23)CCN1CC(F)F. The van der Waals surface area contributed by atoms with Crippen LogP contribution in [-0.2, 0) is 0 Å². The Hall–Kier alpha value is -2.42. The average molecular weight is 347 g/mol. The van der Waals surface area contributed by atoms with Crippen LogP contribution in [-0.4, -0.2) is 68.6 Å². The predicted octanol–water partition coefficient (Wildman–Crippen LogP) is 1.84. The number of alkyl halides is 2. The Labute approximate surface area is 143 Å². The van der Waals surface area contributed by atoms with Crippen molar-refractivity contribution in [3.05, 3.63) is 24.3 Å². The van der Waals surface area contributed by atoms with E-state index in [1.165, 1.54) is 0 Å². The number of anilines is 1. The second-order valence-corrected chi connectivity index (χ2v) is 6.23. The lowest BCUT2D eigenvalue weighted by atomic mass is 10.1. The maximum atomic E-state index is 12.8. The fourth-order valence-electron chi connectivity index (χ4n) is 3.49. The number of fused-ring (bicyclic) bond motifs is 3. The number of piperazine rings is 1. The largest absolute Gasteiger partial charge is 0.351 e. The summed E-state index contributed by atoms with van der Waals surface area (Å²) >= 11 is 0. The molecule has 1 aliphatic heterocycles. The minimum atomic E-state index is -2.31. The second kappa shape index (κ2) is 6.47. The van der Waals surface area contributed by atoms with E-state index in [4.69, 9.17) is 4.98 Å². The molecule has 1 fully saturated rings. The van der Waals surface area contributed by atoms with Crippen LogP contribution < -0.4 is 4.90 Å². The fourth-order valence-corrected chi connectivity index (χ4v) is 3.49. The molecule has 3 heterocycles. The van der Waals surface area contributed by atoms with Crippen molar-refractivity contribution in [2.75, 3.05) is 31.1 Å². The molecule has 1 aliphatic rings. The van der Waals surface area contributed by atoms with E-state index in [-0.39, 0.29) is 12.6 Å². The number of hydrogen-bond acceptors (Lipinski definition) is 6. The number of aromatic nitrogens is 5. The molecule has 132 valence electrons. The van der Waals surface area contributed by atoms with Gasteiger partial charge in [0.25, 0.3) is 6.43 Å². The van der Waals surface area contributed by atoms with Gasteiger partial charge in [-0.25, -0.2) is 13.8 Å². The molecule has 2 aromatic heterocycles.